The number of fused-ring (bicyclic) bond motifs is 1. The van der Waals surface area contributed by atoms with Gasteiger partial charge >= 0.3 is 0 Å². The van der Waals surface area contributed by atoms with Gasteiger partial charge in [-0.15, -0.1) is 0 Å². The van der Waals surface area contributed by atoms with Gasteiger partial charge in [0.25, 0.3) is 0 Å². The Kier molecular flexibility index (Phi) is 2.72. The minimum absolute atomic E-state index is 0.151. The Bertz CT molecular complexity index is 834. The van der Waals surface area contributed by atoms with Crippen LogP contribution in [0, 0.1) is 0 Å². The normalized spacial score (nSPS) is 15.2. The van der Waals surface area contributed by atoms with Crippen molar-refractivity contribution in [1.29, 1.82) is 0 Å². The van der Waals surface area contributed by atoms with Gasteiger partial charge in [-0.25, -0.2) is 0 Å². The molecule has 0 bridgehead atoms. The van der Waals surface area contributed by atoms with Crippen LogP contribution in [0.2, 0.25) is 0 Å². The lowest BCUT2D eigenvalue weighted by Crippen LogP contribution is -2.37. The molecule has 5 nitrogen and oxygen atoms in total. The zero-order valence-corrected chi connectivity index (χ0v) is 12.2. The molecule has 0 aliphatic carbocycles. The molecule has 1 aliphatic rings. The van der Waals surface area contributed by atoms with Gasteiger partial charge in [-0.2, -0.15) is 0 Å². The lowest BCUT2D eigenvalue weighted by atomic mass is 9.71. The van der Waals surface area contributed by atoms with Gasteiger partial charge in [-0.1, -0.05) is 24.3 Å². The molecule has 1 aliphatic heterocycles. The number of nitrogen functional groups attached to an aromatic ring is 2. The van der Waals surface area contributed by atoms with Gasteiger partial charge < -0.3 is 15.9 Å². The quantitative estimate of drug-likeness (QED) is 0.634. The molecule has 114 valence electrons. The fraction of sp³-hybridized carbons (Fsp3) is 0.0556. The number of rotatable bonds is 2. The molecule has 0 radical (unpaired) electrons. The van der Waals surface area contributed by atoms with Crippen LogP contribution in [0.4, 0.5) is 17.3 Å². The first-order valence-electron chi connectivity index (χ1n) is 7.24. The summed E-state index contributed by atoms with van der Waals surface area (Å²) in [7, 11) is 0. The van der Waals surface area contributed by atoms with E-state index in [1.165, 1.54) is 0 Å². The van der Waals surface area contributed by atoms with E-state index >= 15 is 0 Å². The molecule has 3 aromatic rings. The van der Waals surface area contributed by atoms with Gasteiger partial charge in [-0.05, 0) is 41.5 Å². The highest BCUT2D eigenvalue weighted by Crippen LogP contribution is 2.48. The minimum Gasteiger partial charge on any atom is -0.448 e. The Morgan fingerprint density at radius 1 is 0.826 bits per heavy atom. The molecule has 5 N–H and O–H groups in total. The Balaban J connectivity index is 2.04. The smallest absolute Gasteiger partial charge is 0.246 e. The van der Waals surface area contributed by atoms with E-state index < -0.39 is 5.41 Å². The summed E-state index contributed by atoms with van der Waals surface area (Å²) in [6.45, 7) is 0. The third-order valence-electron chi connectivity index (χ3n) is 4.32. The zero-order valence-electron chi connectivity index (χ0n) is 12.2. The summed E-state index contributed by atoms with van der Waals surface area (Å²) >= 11 is 0. The third kappa shape index (κ3) is 1.76. The Labute approximate surface area is 132 Å². The van der Waals surface area contributed by atoms with E-state index in [0.29, 0.717) is 17.3 Å². The Morgan fingerprint density at radius 2 is 1.35 bits per heavy atom. The molecule has 0 unspecified atom stereocenters. The standard InChI is InChI=1S/C18H15N3O2/c19-13-5-1-11(2-6-13)18(12-3-7-14(20)8-4-12)15-9-10-23-16(15)21-17(18)22/h1-10H,19-20H2,(H,21,22). The van der Waals surface area contributed by atoms with Crippen LogP contribution < -0.4 is 16.8 Å². The topological polar surface area (TPSA) is 94.3 Å². The molecule has 0 saturated carbocycles. The number of carbonyl (C=O) groups excluding carboxylic acids is 1. The van der Waals surface area contributed by atoms with Crippen LogP contribution in [-0.4, -0.2) is 5.91 Å². The molecular formula is C18H15N3O2. The van der Waals surface area contributed by atoms with Crippen LogP contribution in [0.3, 0.4) is 0 Å². The highest BCUT2D eigenvalue weighted by molar-refractivity contribution is 6.10. The monoisotopic (exact) mass is 305 g/mol. The number of nitrogens with two attached hydrogens (primary N) is 2. The van der Waals surface area contributed by atoms with Gasteiger partial charge in [0.05, 0.1) is 6.26 Å². The van der Waals surface area contributed by atoms with Gasteiger partial charge in [0.1, 0.15) is 5.41 Å². The molecule has 5 heteroatoms. The number of carbonyl (C=O) groups is 1. The number of furan rings is 1. The largest absolute Gasteiger partial charge is 0.448 e. The predicted molar refractivity (Wildman–Crippen MR) is 88.9 cm³/mol. The molecule has 1 amide bonds. The summed E-state index contributed by atoms with van der Waals surface area (Å²) in [5.41, 5.74) is 14.4. The summed E-state index contributed by atoms with van der Waals surface area (Å²) in [6.07, 6.45) is 1.58. The van der Waals surface area contributed by atoms with E-state index in [4.69, 9.17) is 15.9 Å². The second-order valence-corrected chi connectivity index (χ2v) is 5.61. The van der Waals surface area contributed by atoms with Gasteiger partial charge in [0.15, 0.2) is 0 Å². The van der Waals surface area contributed by atoms with Crippen molar-refractivity contribution in [3.8, 4) is 0 Å². The van der Waals surface area contributed by atoms with Gasteiger partial charge in [0, 0.05) is 16.9 Å². The lowest BCUT2D eigenvalue weighted by Gasteiger charge is -2.28. The molecule has 0 atom stereocenters. The van der Waals surface area contributed by atoms with Gasteiger partial charge in [-0.3, -0.25) is 10.1 Å². The lowest BCUT2D eigenvalue weighted by molar-refractivity contribution is -0.118. The van der Waals surface area contributed by atoms with Crippen LogP contribution in [0.25, 0.3) is 0 Å². The van der Waals surface area contributed by atoms with Crippen molar-refractivity contribution in [1.82, 2.24) is 0 Å². The fourth-order valence-electron chi connectivity index (χ4n) is 3.23. The molecule has 0 saturated heterocycles. The van der Waals surface area contributed by atoms with Crippen molar-refractivity contribution < 1.29 is 9.21 Å². The van der Waals surface area contributed by atoms with Crippen LogP contribution in [0.1, 0.15) is 16.7 Å². The number of hydrogen-bond acceptors (Lipinski definition) is 4. The van der Waals surface area contributed by atoms with Crippen molar-refractivity contribution >= 4 is 23.2 Å². The second-order valence-electron chi connectivity index (χ2n) is 5.61. The highest BCUT2D eigenvalue weighted by atomic mass is 16.3. The summed E-state index contributed by atoms with van der Waals surface area (Å²) in [4.78, 5) is 13.0. The van der Waals surface area contributed by atoms with Gasteiger partial charge in [0.2, 0.25) is 11.8 Å². The first-order chi connectivity index (χ1) is 11.1. The molecule has 0 spiro atoms. The molecule has 0 fully saturated rings. The maximum Gasteiger partial charge on any atom is 0.246 e. The average Bonchev–Trinajstić information content (AvgIpc) is 3.09. The first-order valence-corrected chi connectivity index (χ1v) is 7.24. The van der Waals surface area contributed by atoms with Crippen molar-refractivity contribution in [3.63, 3.8) is 0 Å². The van der Waals surface area contributed by atoms with E-state index in [2.05, 4.69) is 5.32 Å². The van der Waals surface area contributed by atoms with Crippen LogP contribution >= 0.6 is 0 Å². The number of nitrogens with one attached hydrogen (secondary N) is 1. The zero-order chi connectivity index (χ0) is 16.0. The Hall–Kier alpha value is -3.21. The first kappa shape index (κ1) is 13.5. The molecule has 2 aromatic carbocycles. The maximum absolute atomic E-state index is 13.0. The van der Waals surface area contributed by atoms with E-state index in [1.54, 1.807) is 30.5 Å². The van der Waals surface area contributed by atoms with Crippen molar-refractivity contribution in [2.45, 2.75) is 5.41 Å². The number of benzene rings is 2. The SMILES string of the molecule is Nc1ccc(C2(c3ccc(N)cc3)C(=O)Nc3occc32)cc1. The summed E-state index contributed by atoms with van der Waals surface area (Å²) < 4.78 is 5.41. The van der Waals surface area contributed by atoms with Crippen molar-refractivity contribution in [2.75, 3.05) is 16.8 Å². The summed E-state index contributed by atoms with van der Waals surface area (Å²) in [5.74, 6) is 0.324. The average molecular weight is 305 g/mol. The molecule has 1 aromatic heterocycles. The van der Waals surface area contributed by atoms with Crippen molar-refractivity contribution in [2.24, 2.45) is 0 Å². The maximum atomic E-state index is 13.0. The van der Waals surface area contributed by atoms with E-state index in [-0.39, 0.29) is 5.91 Å². The number of anilines is 3. The van der Waals surface area contributed by atoms with E-state index in [9.17, 15) is 4.79 Å². The van der Waals surface area contributed by atoms with E-state index in [0.717, 1.165) is 16.7 Å². The predicted octanol–water partition coefficient (Wildman–Crippen LogP) is 2.73. The molecule has 4 rings (SSSR count). The van der Waals surface area contributed by atoms with Crippen LogP contribution in [0.5, 0.6) is 0 Å². The summed E-state index contributed by atoms with van der Waals surface area (Å²) in [6, 6.07) is 16.5. The minimum atomic E-state index is -0.969. The fourth-order valence-corrected chi connectivity index (χ4v) is 3.23. The number of amides is 1. The molecular weight excluding hydrogens is 290 g/mol. The Morgan fingerprint density at radius 3 is 1.87 bits per heavy atom. The molecule has 2 heterocycles. The van der Waals surface area contributed by atoms with Crippen LogP contribution in [0.15, 0.2) is 65.3 Å². The van der Waals surface area contributed by atoms with Crippen LogP contribution in [-0.2, 0) is 10.2 Å². The van der Waals surface area contributed by atoms with E-state index in [1.807, 2.05) is 30.3 Å². The second kappa shape index (κ2) is 4.64. The number of hydrogen-bond donors (Lipinski definition) is 3. The summed E-state index contributed by atoms with van der Waals surface area (Å²) in [5, 5.41) is 2.83. The third-order valence-corrected chi connectivity index (χ3v) is 4.32. The van der Waals surface area contributed by atoms with Crippen molar-refractivity contribution in [3.05, 3.63) is 77.6 Å². The highest BCUT2D eigenvalue weighted by Gasteiger charge is 2.51. The molecule has 23 heavy (non-hydrogen) atoms.